The highest BCUT2D eigenvalue weighted by molar-refractivity contribution is 5.77. The van der Waals surface area contributed by atoms with Gasteiger partial charge in [-0.05, 0) is 44.5 Å². The molecule has 26 heavy (non-hydrogen) atoms. The van der Waals surface area contributed by atoms with E-state index in [9.17, 15) is 4.79 Å². The molecule has 1 heterocycles. The molecule has 0 aliphatic carbocycles. The largest absolute Gasteiger partial charge is 0.494 e. The van der Waals surface area contributed by atoms with Crippen molar-refractivity contribution in [2.75, 3.05) is 13.2 Å². The summed E-state index contributed by atoms with van der Waals surface area (Å²) >= 11 is 0. The van der Waals surface area contributed by atoms with Gasteiger partial charge in [0.1, 0.15) is 23.4 Å². The zero-order chi connectivity index (χ0) is 18.5. The molecular formula is C21H25NO4. The van der Waals surface area contributed by atoms with Crippen molar-refractivity contribution in [1.29, 1.82) is 0 Å². The molecule has 1 unspecified atom stereocenters. The fourth-order valence-corrected chi connectivity index (χ4v) is 3.02. The molecular weight excluding hydrogens is 330 g/mol. The molecule has 0 radical (unpaired) electrons. The average Bonchev–Trinajstić information content (AvgIpc) is 2.98. The Morgan fingerprint density at radius 1 is 1.23 bits per heavy atom. The molecule has 1 amide bonds. The Hall–Kier alpha value is -2.69. The Morgan fingerprint density at radius 3 is 2.81 bits per heavy atom. The van der Waals surface area contributed by atoms with E-state index in [2.05, 4.69) is 5.32 Å². The number of nitrogens with one attached hydrogen (secondary N) is 1. The van der Waals surface area contributed by atoms with E-state index in [1.807, 2.05) is 57.2 Å². The summed E-state index contributed by atoms with van der Waals surface area (Å²) in [6, 6.07) is 11.6. The van der Waals surface area contributed by atoms with E-state index >= 15 is 0 Å². The third-order valence-electron chi connectivity index (χ3n) is 4.31. The van der Waals surface area contributed by atoms with Crippen LogP contribution in [0.5, 0.6) is 17.2 Å². The summed E-state index contributed by atoms with van der Waals surface area (Å²) in [5.74, 6) is 2.22. The fraction of sp³-hybridized carbons (Fsp3) is 0.381. The zero-order valence-corrected chi connectivity index (χ0v) is 15.5. The van der Waals surface area contributed by atoms with Crippen molar-refractivity contribution < 1.29 is 19.0 Å². The van der Waals surface area contributed by atoms with Gasteiger partial charge in [-0.25, -0.2) is 0 Å². The lowest BCUT2D eigenvalue weighted by Gasteiger charge is -2.14. The molecule has 0 saturated heterocycles. The second-order valence-electron chi connectivity index (χ2n) is 6.46. The minimum Gasteiger partial charge on any atom is -0.494 e. The second-order valence-corrected chi connectivity index (χ2v) is 6.46. The van der Waals surface area contributed by atoms with E-state index in [0.29, 0.717) is 13.2 Å². The molecule has 3 rings (SSSR count). The molecule has 2 aromatic rings. The molecule has 5 heteroatoms. The van der Waals surface area contributed by atoms with E-state index in [0.717, 1.165) is 40.4 Å². The van der Waals surface area contributed by atoms with Crippen molar-refractivity contribution in [3.8, 4) is 17.2 Å². The Bertz CT molecular complexity index is 788. The van der Waals surface area contributed by atoms with Crippen LogP contribution < -0.4 is 19.5 Å². The Kier molecular flexibility index (Phi) is 5.66. The summed E-state index contributed by atoms with van der Waals surface area (Å²) in [5.41, 5.74) is 3.06. The van der Waals surface area contributed by atoms with Gasteiger partial charge >= 0.3 is 0 Å². The van der Waals surface area contributed by atoms with Crippen molar-refractivity contribution in [3.63, 3.8) is 0 Å². The quantitative estimate of drug-likeness (QED) is 0.827. The molecule has 0 spiro atoms. The molecule has 1 aliphatic rings. The van der Waals surface area contributed by atoms with Crippen LogP contribution >= 0.6 is 0 Å². The third-order valence-corrected chi connectivity index (χ3v) is 4.31. The highest BCUT2D eigenvalue weighted by atomic mass is 16.5. The van der Waals surface area contributed by atoms with Crippen LogP contribution in [0.25, 0.3) is 0 Å². The van der Waals surface area contributed by atoms with Crippen molar-refractivity contribution in [3.05, 3.63) is 53.1 Å². The minimum absolute atomic E-state index is 0.0205. The van der Waals surface area contributed by atoms with Gasteiger partial charge in [-0.15, -0.1) is 0 Å². The molecule has 1 atom stereocenters. The first-order valence-electron chi connectivity index (χ1n) is 8.97. The molecule has 0 aromatic heterocycles. The molecule has 0 bridgehead atoms. The van der Waals surface area contributed by atoms with Gasteiger partial charge in [-0.2, -0.15) is 0 Å². The third kappa shape index (κ3) is 4.28. The van der Waals surface area contributed by atoms with Gasteiger partial charge in [0.2, 0.25) is 0 Å². The number of benzene rings is 2. The summed E-state index contributed by atoms with van der Waals surface area (Å²) < 4.78 is 17.1. The van der Waals surface area contributed by atoms with Crippen molar-refractivity contribution in [1.82, 2.24) is 5.32 Å². The number of aryl methyl sites for hydroxylation is 1. The number of fused-ring (bicyclic) bond motifs is 1. The summed E-state index contributed by atoms with van der Waals surface area (Å²) in [4.78, 5) is 12.1. The van der Waals surface area contributed by atoms with Crippen LogP contribution in [-0.2, 0) is 17.8 Å². The number of hydrogen-bond acceptors (Lipinski definition) is 4. The van der Waals surface area contributed by atoms with Crippen LogP contribution in [0.3, 0.4) is 0 Å². The maximum Gasteiger partial charge on any atom is 0.258 e. The molecule has 1 N–H and O–H groups in total. The number of amides is 1. The Morgan fingerprint density at radius 2 is 2.04 bits per heavy atom. The van der Waals surface area contributed by atoms with Crippen LogP contribution in [0.2, 0.25) is 0 Å². The SMILES string of the molecule is CCOc1cc2c(cc1CNC(=O)COc1ccccc1C)OC(C)C2. The van der Waals surface area contributed by atoms with Crippen LogP contribution in [0.15, 0.2) is 36.4 Å². The first kappa shape index (κ1) is 18.1. The van der Waals surface area contributed by atoms with Crippen LogP contribution in [0.4, 0.5) is 0 Å². The highest BCUT2D eigenvalue weighted by Crippen LogP contribution is 2.35. The summed E-state index contributed by atoms with van der Waals surface area (Å²) in [7, 11) is 0. The Labute approximate surface area is 154 Å². The first-order chi connectivity index (χ1) is 12.6. The summed E-state index contributed by atoms with van der Waals surface area (Å²) in [6.07, 6.45) is 1.05. The van der Waals surface area contributed by atoms with Crippen LogP contribution in [0, 0.1) is 6.92 Å². The zero-order valence-electron chi connectivity index (χ0n) is 15.5. The minimum atomic E-state index is -0.175. The topological polar surface area (TPSA) is 56.8 Å². The lowest BCUT2D eigenvalue weighted by Crippen LogP contribution is -2.28. The average molecular weight is 355 g/mol. The van der Waals surface area contributed by atoms with Gasteiger partial charge in [0.05, 0.1) is 6.61 Å². The number of carbonyl (C=O) groups excluding carboxylic acids is 1. The van der Waals surface area contributed by atoms with Crippen molar-refractivity contribution in [2.45, 2.75) is 39.8 Å². The second kappa shape index (κ2) is 8.13. The smallest absolute Gasteiger partial charge is 0.258 e. The predicted molar refractivity (Wildman–Crippen MR) is 99.9 cm³/mol. The maximum atomic E-state index is 12.1. The van der Waals surface area contributed by atoms with Crippen LogP contribution in [0.1, 0.15) is 30.5 Å². The number of carbonyl (C=O) groups is 1. The monoisotopic (exact) mass is 355 g/mol. The summed E-state index contributed by atoms with van der Waals surface area (Å²) in [6.45, 7) is 6.87. The van der Waals surface area contributed by atoms with Crippen molar-refractivity contribution >= 4 is 5.91 Å². The molecule has 1 aliphatic heterocycles. The van der Waals surface area contributed by atoms with Gasteiger partial charge in [-0.1, -0.05) is 18.2 Å². The molecule has 5 nitrogen and oxygen atoms in total. The van der Waals surface area contributed by atoms with E-state index in [-0.39, 0.29) is 18.6 Å². The maximum absolute atomic E-state index is 12.1. The van der Waals surface area contributed by atoms with Gasteiger partial charge in [0.25, 0.3) is 5.91 Å². The number of para-hydroxylation sites is 1. The predicted octanol–water partition coefficient (Wildman–Crippen LogP) is 3.41. The van der Waals surface area contributed by atoms with Crippen LogP contribution in [-0.4, -0.2) is 25.2 Å². The van der Waals surface area contributed by atoms with Gasteiger partial charge < -0.3 is 19.5 Å². The van der Waals surface area contributed by atoms with E-state index < -0.39 is 0 Å². The molecule has 138 valence electrons. The fourth-order valence-electron chi connectivity index (χ4n) is 3.02. The van der Waals surface area contributed by atoms with E-state index in [1.54, 1.807) is 0 Å². The summed E-state index contributed by atoms with van der Waals surface area (Å²) in [5, 5.41) is 2.89. The van der Waals surface area contributed by atoms with Crippen molar-refractivity contribution in [2.24, 2.45) is 0 Å². The van der Waals surface area contributed by atoms with Gasteiger partial charge in [0, 0.05) is 24.1 Å². The number of rotatable bonds is 7. The normalized spacial score (nSPS) is 15.1. The van der Waals surface area contributed by atoms with E-state index in [1.165, 1.54) is 0 Å². The first-order valence-corrected chi connectivity index (χ1v) is 8.97. The van der Waals surface area contributed by atoms with E-state index in [4.69, 9.17) is 14.2 Å². The lowest BCUT2D eigenvalue weighted by molar-refractivity contribution is -0.123. The Balaban J connectivity index is 1.61. The molecule has 0 fully saturated rings. The van der Waals surface area contributed by atoms with Gasteiger partial charge in [-0.3, -0.25) is 4.79 Å². The number of ether oxygens (including phenoxy) is 3. The lowest BCUT2D eigenvalue weighted by atomic mass is 10.1. The molecule has 0 saturated carbocycles. The van der Waals surface area contributed by atoms with Gasteiger partial charge in [0.15, 0.2) is 6.61 Å². The molecule has 2 aromatic carbocycles. The standard InChI is InChI=1S/C21H25NO4/c1-4-24-19-10-16-9-15(3)26-20(16)11-17(19)12-22-21(23)13-25-18-8-6-5-7-14(18)2/h5-8,10-11,15H,4,9,12-13H2,1-3H3,(H,22,23). The number of hydrogen-bond donors (Lipinski definition) is 1. The highest BCUT2D eigenvalue weighted by Gasteiger charge is 2.22.